The number of nitriles is 2. The van der Waals surface area contributed by atoms with Crippen molar-refractivity contribution in [3.05, 3.63) is 53.7 Å². The van der Waals surface area contributed by atoms with E-state index in [1.807, 2.05) is 6.07 Å². The number of pyridine rings is 1. The van der Waals surface area contributed by atoms with E-state index in [-0.39, 0.29) is 30.4 Å². The highest BCUT2D eigenvalue weighted by Gasteiger charge is 2.57. The Labute approximate surface area is 335 Å². The molecule has 16 nitrogen and oxygen atoms in total. The Kier molecular flexibility index (Phi) is 19.8. The average Bonchev–Trinajstić information content (AvgIpc) is 3.76. The normalized spacial score (nSPS) is 21.0. The summed E-state index contributed by atoms with van der Waals surface area (Å²) in [6.45, 7) is 1.52. The number of aliphatic hydroxyl groups is 2. The van der Waals surface area contributed by atoms with Crippen LogP contribution in [0, 0.1) is 22.7 Å². The molecule has 0 bridgehead atoms. The minimum Gasteiger partial charge on any atom is -0.387 e. The van der Waals surface area contributed by atoms with Crippen molar-refractivity contribution >= 4 is 19.2 Å². The van der Waals surface area contributed by atoms with E-state index in [9.17, 15) is 24.9 Å². The number of anilines is 1. The monoisotopic (exact) mass is 813 g/mol. The molecule has 3 aromatic heterocycles. The second kappa shape index (κ2) is 24.4. The molecule has 314 valence electrons. The number of unbranched alkanes of at least 4 members (excludes halogenated alkanes) is 15. The number of ether oxygens (including phenoxy) is 3. The fourth-order valence-corrected chi connectivity index (χ4v) is 7.55. The number of phosphoric acid groups is 1. The number of hydrogen-bond acceptors (Lipinski definition) is 14. The molecule has 0 amide bonds. The number of nitrogens with two attached hydrogens (primary N) is 1. The van der Waals surface area contributed by atoms with E-state index in [1.54, 1.807) is 30.3 Å². The summed E-state index contributed by atoms with van der Waals surface area (Å²) in [4.78, 5) is 18.6. The highest BCUT2D eigenvalue weighted by Crippen LogP contribution is 2.47. The first kappa shape index (κ1) is 46.2. The van der Waals surface area contributed by atoms with Gasteiger partial charge in [-0.15, -0.1) is 0 Å². The summed E-state index contributed by atoms with van der Waals surface area (Å²) in [6.07, 6.45) is 17.5. The Bertz CT molecular complexity index is 1750. The second-order valence-corrected chi connectivity index (χ2v) is 16.1. The molecule has 17 heteroatoms. The molecule has 4 rings (SSSR count). The third-order valence-corrected chi connectivity index (χ3v) is 11.1. The standard InChI is InChI=1S/C40H60N7O9P/c1-2-3-4-5-6-7-8-9-10-11-12-13-14-15-16-17-22-52-26-33(53-25-31-18-19-32(23-41)44-24-31)27-54-57(50,51)55-29-40(28-42)38(49)36(48)37(56-40)34-20-21-35-39(43)45-30-46-47(34)35/h18-21,24,30,33,36-38,48-49H,2-17,22,25-27,29H2,1H3,(H,50,51)(H2,43,45,46)/t33?,36-,37-,38-,40+/m0/s1. The minimum absolute atomic E-state index is 0.0552. The number of phosphoric ester groups is 1. The number of aromatic nitrogens is 4. The lowest BCUT2D eigenvalue weighted by molar-refractivity contribution is -0.0790. The fraction of sp³-hybridized carbons (Fsp3) is 0.675. The van der Waals surface area contributed by atoms with Crippen molar-refractivity contribution < 1.29 is 42.9 Å². The van der Waals surface area contributed by atoms with Crippen LogP contribution in [0.15, 0.2) is 36.8 Å². The Morgan fingerprint density at radius 3 is 2.16 bits per heavy atom. The van der Waals surface area contributed by atoms with E-state index >= 15 is 0 Å². The third kappa shape index (κ3) is 14.7. The molecule has 2 unspecified atom stereocenters. The summed E-state index contributed by atoms with van der Waals surface area (Å²) in [7, 11) is -4.86. The highest BCUT2D eigenvalue weighted by molar-refractivity contribution is 7.47. The zero-order valence-corrected chi connectivity index (χ0v) is 34.0. The molecule has 3 aromatic rings. The van der Waals surface area contributed by atoms with Gasteiger partial charge in [-0.1, -0.05) is 109 Å². The molecule has 6 atom stereocenters. The first-order chi connectivity index (χ1) is 27.6. The van der Waals surface area contributed by atoms with Crippen molar-refractivity contribution in [1.29, 1.82) is 10.5 Å². The van der Waals surface area contributed by atoms with Crippen molar-refractivity contribution in [1.82, 2.24) is 19.6 Å². The average molecular weight is 814 g/mol. The zero-order chi connectivity index (χ0) is 40.9. The fourth-order valence-electron chi connectivity index (χ4n) is 6.77. The van der Waals surface area contributed by atoms with E-state index in [4.69, 9.17) is 34.3 Å². The van der Waals surface area contributed by atoms with Crippen molar-refractivity contribution in [2.24, 2.45) is 0 Å². The SMILES string of the molecule is CCCCCCCCCCCCCCCCCCOCC(COP(=O)(O)OC[C@@]1(C#N)O[C@@H](c2ccc3c(N)ncnn23)[C@H](O)[C@@H]1O)OCc1ccc(C#N)nc1. The van der Waals surface area contributed by atoms with Gasteiger partial charge in [-0.05, 0) is 30.2 Å². The lowest BCUT2D eigenvalue weighted by Crippen LogP contribution is -2.45. The topological polar surface area (TPSA) is 241 Å². The van der Waals surface area contributed by atoms with Crippen LogP contribution in [-0.2, 0) is 34.4 Å². The van der Waals surface area contributed by atoms with Gasteiger partial charge in [0, 0.05) is 12.8 Å². The van der Waals surface area contributed by atoms with E-state index in [2.05, 4.69) is 22.0 Å². The molecular weight excluding hydrogens is 753 g/mol. The van der Waals surface area contributed by atoms with Crippen LogP contribution in [0.5, 0.6) is 0 Å². The molecular formula is C40H60N7O9P. The predicted molar refractivity (Wildman–Crippen MR) is 211 cm³/mol. The maximum Gasteiger partial charge on any atom is 0.472 e. The smallest absolute Gasteiger partial charge is 0.387 e. The minimum atomic E-state index is -4.86. The summed E-state index contributed by atoms with van der Waals surface area (Å²) in [5.41, 5.74) is 5.28. The number of nitrogens with zero attached hydrogens (tertiary/aromatic N) is 6. The molecule has 0 aromatic carbocycles. The summed E-state index contributed by atoms with van der Waals surface area (Å²) < 4.78 is 42.5. The summed E-state index contributed by atoms with van der Waals surface area (Å²) in [5.74, 6) is 0.166. The van der Waals surface area contributed by atoms with Gasteiger partial charge in [0.15, 0.2) is 5.82 Å². The molecule has 57 heavy (non-hydrogen) atoms. The summed E-state index contributed by atoms with van der Waals surface area (Å²) in [6, 6.07) is 10.1. The van der Waals surface area contributed by atoms with Gasteiger partial charge >= 0.3 is 7.82 Å². The number of aliphatic hydroxyl groups excluding tert-OH is 2. The number of nitrogen functional groups attached to an aromatic ring is 1. The lowest BCUT2D eigenvalue weighted by Gasteiger charge is -2.26. The van der Waals surface area contributed by atoms with Crippen molar-refractivity contribution in [3.63, 3.8) is 0 Å². The van der Waals surface area contributed by atoms with Crippen LogP contribution in [-0.4, -0.2) is 85.0 Å². The second-order valence-electron chi connectivity index (χ2n) is 14.7. The number of rotatable bonds is 29. The van der Waals surface area contributed by atoms with Gasteiger partial charge in [-0.3, -0.25) is 9.05 Å². The largest absolute Gasteiger partial charge is 0.472 e. The number of fused-ring (bicyclic) bond motifs is 1. The van der Waals surface area contributed by atoms with Crippen molar-refractivity contribution in [2.45, 2.75) is 146 Å². The molecule has 0 radical (unpaired) electrons. The highest BCUT2D eigenvalue weighted by atomic mass is 31.2. The quantitative estimate of drug-likeness (QED) is 0.0425. The van der Waals surface area contributed by atoms with Crippen LogP contribution < -0.4 is 5.73 Å². The maximum absolute atomic E-state index is 13.1. The molecule has 1 saturated heterocycles. The van der Waals surface area contributed by atoms with E-state index in [1.165, 1.54) is 101 Å². The van der Waals surface area contributed by atoms with E-state index < -0.39 is 51.1 Å². The van der Waals surface area contributed by atoms with Crippen LogP contribution in [0.1, 0.15) is 133 Å². The van der Waals surface area contributed by atoms with Crippen molar-refractivity contribution in [2.75, 3.05) is 32.2 Å². The van der Waals surface area contributed by atoms with Gasteiger partial charge in [0.05, 0.1) is 25.5 Å². The van der Waals surface area contributed by atoms with Crippen LogP contribution in [0.25, 0.3) is 5.52 Å². The van der Waals surface area contributed by atoms with Gasteiger partial charge in [-0.2, -0.15) is 15.6 Å². The van der Waals surface area contributed by atoms with Gasteiger partial charge in [0.1, 0.15) is 60.7 Å². The Hall–Kier alpha value is -3.54. The molecule has 1 fully saturated rings. The maximum atomic E-state index is 13.1. The molecule has 0 saturated carbocycles. The molecule has 1 aliphatic heterocycles. The number of hydrogen-bond donors (Lipinski definition) is 4. The Balaban J connectivity index is 1.19. The first-order valence-corrected chi connectivity index (χ1v) is 21.8. The molecule has 1 aliphatic rings. The molecule has 0 spiro atoms. The van der Waals surface area contributed by atoms with Gasteiger partial charge in [0.2, 0.25) is 5.60 Å². The van der Waals surface area contributed by atoms with Crippen LogP contribution in [0.4, 0.5) is 5.82 Å². The predicted octanol–water partition coefficient (Wildman–Crippen LogP) is 6.63. The van der Waals surface area contributed by atoms with Gasteiger partial charge in [0.25, 0.3) is 0 Å². The zero-order valence-electron chi connectivity index (χ0n) is 33.1. The first-order valence-electron chi connectivity index (χ1n) is 20.3. The molecule has 4 heterocycles. The van der Waals surface area contributed by atoms with Gasteiger partial charge < -0.3 is 35.1 Å². The van der Waals surface area contributed by atoms with Crippen LogP contribution in [0.3, 0.4) is 0 Å². The van der Waals surface area contributed by atoms with Crippen LogP contribution >= 0.6 is 7.82 Å². The third-order valence-electron chi connectivity index (χ3n) is 10.2. The van der Waals surface area contributed by atoms with Gasteiger partial charge in [-0.25, -0.2) is 19.0 Å². The van der Waals surface area contributed by atoms with Crippen molar-refractivity contribution in [3.8, 4) is 12.1 Å². The summed E-state index contributed by atoms with van der Waals surface area (Å²) in [5, 5.41) is 45.0. The molecule has 5 N–H and O–H groups in total. The van der Waals surface area contributed by atoms with Crippen LogP contribution in [0.2, 0.25) is 0 Å². The Morgan fingerprint density at radius 2 is 1.56 bits per heavy atom. The van der Waals surface area contributed by atoms with E-state index in [0.717, 1.165) is 19.3 Å². The lowest BCUT2D eigenvalue weighted by atomic mass is 9.96. The Morgan fingerprint density at radius 1 is 0.912 bits per heavy atom. The molecule has 0 aliphatic carbocycles. The summed E-state index contributed by atoms with van der Waals surface area (Å²) >= 11 is 0. The van der Waals surface area contributed by atoms with E-state index in [0.29, 0.717) is 17.7 Å².